The molecule has 1 aliphatic carbocycles. The number of pyridine rings is 1. The van der Waals surface area contributed by atoms with Crippen LogP contribution in [0.4, 0.5) is 11.5 Å². The normalized spacial score (nSPS) is 20.0. The molecule has 2 heterocycles. The zero-order chi connectivity index (χ0) is 20.6. The van der Waals surface area contributed by atoms with Gasteiger partial charge < -0.3 is 16.8 Å². The van der Waals surface area contributed by atoms with Gasteiger partial charge in [0.05, 0.1) is 17.3 Å². The Morgan fingerprint density at radius 3 is 2.41 bits per heavy atom. The first kappa shape index (κ1) is 19.6. The van der Waals surface area contributed by atoms with E-state index >= 15 is 0 Å². The predicted molar refractivity (Wildman–Crippen MR) is 120 cm³/mol. The number of aromatic nitrogens is 3. The van der Waals surface area contributed by atoms with Crippen molar-refractivity contribution < 1.29 is 0 Å². The molecule has 1 aliphatic rings. The summed E-state index contributed by atoms with van der Waals surface area (Å²) >= 11 is 0. The van der Waals surface area contributed by atoms with Crippen LogP contribution in [0.15, 0.2) is 36.7 Å². The minimum atomic E-state index is 0.110. The molecule has 0 bridgehead atoms. The molecule has 3 aromatic rings. The third-order valence-corrected chi connectivity index (χ3v) is 5.82. The summed E-state index contributed by atoms with van der Waals surface area (Å²) in [4.78, 5) is 13.7. The van der Waals surface area contributed by atoms with Crippen molar-refractivity contribution in [2.24, 2.45) is 5.73 Å². The fraction of sp³-hybridized carbons (Fsp3) is 0.435. The van der Waals surface area contributed by atoms with E-state index in [1.165, 1.54) is 18.4 Å². The van der Waals surface area contributed by atoms with Crippen molar-refractivity contribution in [1.29, 1.82) is 0 Å². The van der Waals surface area contributed by atoms with Crippen molar-refractivity contribution in [3.8, 4) is 11.4 Å². The zero-order valence-electron chi connectivity index (χ0n) is 17.4. The molecule has 0 unspecified atom stereocenters. The average molecular weight is 391 g/mol. The lowest BCUT2D eigenvalue weighted by Gasteiger charge is -2.30. The Balaban J connectivity index is 1.72. The van der Waals surface area contributed by atoms with Gasteiger partial charge >= 0.3 is 0 Å². The standard InChI is InChI=1S/C23H30N6/c1-23(2,3)15-10-8-14(9-11-15)22-27-12-16-20(29-22)19(13-26-21(16)25)28-18-7-5-4-6-17(18)24/h8-13,17-18,28H,4-7,24H2,1-3H3,(H2,25,26)/t17-,18+/m1/s1. The molecule has 1 aromatic carbocycles. The third-order valence-electron chi connectivity index (χ3n) is 5.82. The van der Waals surface area contributed by atoms with Crippen molar-refractivity contribution >= 4 is 22.4 Å². The SMILES string of the molecule is CC(C)(C)c1ccc(-c2ncc3c(N)ncc(N[C@H]4CCCC[C@H]4N)c3n2)cc1. The van der Waals surface area contributed by atoms with E-state index in [2.05, 4.69) is 60.3 Å². The Hall–Kier alpha value is -2.73. The van der Waals surface area contributed by atoms with Crippen molar-refractivity contribution in [3.63, 3.8) is 0 Å². The van der Waals surface area contributed by atoms with Crippen LogP contribution in [0.2, 0.25) is 0 Å². The van der Waals surface area contributed by atoms with E-state index in [1.807, 2.05) is 0 Å². The van der Waals surface area contributed by atoms with Gasteiger partial charge in [0, 0.05) is 23.8 Å². The molecule has 29 heavy (non-hydrogen) atoms. The van der Waals surface area contributed by atoms with Crippen molar-refractivity contribution in [3.05, 3.63) is 42.2 Å². The summed E-state index contributed by atoms with van der Waals surface area (Å²) in [6.07, 6.45) is 8.00. The lowest BCUT2D eigenvalue weighted by molar-refractivity contribution is 0.404. The summed E-state index contributed by atoms with van der Waals surface area (Å²) in [5, 5.41) is 4.33. The van der Waals surface area contributed by atoms with Gasteiger partial charge in [-0.15, -0.1) is 0 Å². The maximum Gasteiger partial charge on any atom is 0.159 e. The molecule has 6 heteroatoms. The Morgan fingerprint density at radius 1 is 1.00 bits per heavy atom. The van der Waals surface area contributed by atoms with Crippen LogP contribution in [0.5, 0.6) is 0 Å². The number of rotatable bonds is 3. The zero-order valence-corrected chi connectivity index (χ0v) is 17.4. The van der Waals surface area contributed by atoms with Gasteiger partial charge in [0.15, 0.2) is 5.82 Å². The quantitative estimate of drug-likeness (QED) is 0.618. The van der Waals surface area contributed by atoms with Gasteiger partial charge in [0.1, 0.15) is 11.3 Å². The summed E-state index contributed by atoms with van der Waals surface area (Å²) in [5.74, 6) is 1.12. The molecule has 1 saturated carbocycles. The first-order valence-corrected chi connectivity index (χ1v) is 10.4. The number of nitrogens with zero attached hydrogens (tertiary/aromatic N) is 3. The van der Waals surface area contributed by atoms with Crippen LogP contribution in [0.3, 0.4) is 0 Å². The van der Waals surface area contributed by atoms with Crippen molar-refractivity contribution in [1.82, 2.24) is 15.0 Å². The first-order valence-electron chi connectivity index (χ1n) is 10.4. The van der Waals surface area contributed by atoms with Gasteiger partial charge in [0.2, 0.25) is 0 Å². The number of benzene rings is 1. The molecule has 1 fully saturated rings. The van der Waals surface area contributed by atoms with Crippen LogP contribution in [0.1, 0.15) is 52.0 Å². The van der Waals surface area contributed by atoms with Crippen LogP contribution in [0.25, 0.3) is 22.3 Å². The van der Waals surface area contributed by atoms with Crippen molar-refractivity contribution in [2.75, 3.05) is 11.1 Å². The Bertz CT molecular complexity index is 1010. The summed E-state index contributed by atoms with van der Waals surface area (Å²) in [6.45, 7) is 6.62. The molecule has 0 radical (unpaired) electrons. The number of hydrogen-bond donors (Lipinski definition) is 3. The second-order valence-corrected chi connectivity index (χ2v) is 9.04. The highest BCUT2D eigenvalue weighted by molar-refractivity contribution is 5.96. The van der Waals surface area contributed by atoms with E-state index < -0.39 is 0 Å². The summed E-state index contributed by atoms with van der Waals surface area (Å²) in [5.41, 5.74) is 16.5. The van der Waals surface area contributed by atoms with Crippen LogP contribution in [-0.2, 0) is 5.41 Å². The fourth-order valence-corrected chi connectivity index (χ4v) is 3.94. The highest BCUT2D eigenvalue weighted by Gasteiger charge is 2.23. The van der Waals surface area contributed by atoms with E-state index in [4.69, 9.17) is 16.5 Å². The fourth-order valence-electron chi connectivity index (χ4n) is 3.94. The third kappa shape index (κ3) is 4.03. The summed E-state index contributed by atoms with van der Waals surface area (Å²) < 4.78 is 0. The number of fused-ring (bicyclic) bond motifs is 1. The van der Waals surface area contributed by atoms with E-state index in [0.717, 1.165) is 35.0 Å². The molecule has 6 nitrogen and oxygen atoms in total. The molecule has 0 saturated heterocycles. The predicted octanol–water partition coefficient (Wildman–Crippen LogP) is 4.25. The van der Waals surface area contributed by atoms with E-state index in [9.17, 15) is 0 Å². The lowest BCUT2D eigenvalue weighted by Crippen LogP contribution is -2.42. The molecule has 0 aliphatic heterocycles. The maximum absolute atomic E-state index is 6.33. The Kier molecular flexibility index (Phi) is 5.13. The largest absolute Gasteiger partial charge is 0.383 e. The van der Waals surface area contributed by atoms with E-state index in [0.29, 0.717) is 11.6 Å². The number of hydrogen-bond acceptors (Lipinski definition) is 6. The number of nitrogens with one attached hydrogen (secondary N) is 1. The lowest BCUT2D eigenvalue weighted by atomic mass is 9.87. The molecular formula is C23H30N6. The van der Waals surface area contributed by atoms with E-state index in [1.54, 1.807) is 12.4 Å². The maximum atomic E-state index is 6.33. The summed E-state index contributed by atoms with van der Waals surface area (Å²) in [6, 6.07) is 8.81. The smallest absolute Gasteiger partial charge is 0.159 e. The number of nitrogen functional groups attached to an aromatic ring is 1. The van der Waals surface area contributed by atoms with Gasteiger partial charge in [-0.05, 0) is 23.8 Å². The van der Waals surface area contributed by atoms with E-state index in [-0.39, 0.29) is 17.5 Å². The van der Waals surface area contributed by atoms with Crippen LogP contribution in [-0.4, -0.2) is 27.0 Å². The highest BCUT2D eigenvalue weighted by atomic mass is 15.0. The first-order chi connectivity index (χ1) is 13.8. The average Bonchev–Trinajstić information content (AvgIpc) is 2.71. The monoisotopic (exact) mass is 390 g/mol. The molecule has 0 amide bonds. The number of anilines is 2. The van der Waals surface area contributed by atoms with Crippen LogP contribution >= 0.6 is 0 Å². The molecular weight excluding hydrogens is 360 g/mol. The molecule has 5 N–H and O–H groups in total. The van der Waals surface area contributed by atoms with Gasteiger partial charge in [-0.25, -0.2) is 15.0 Å². The highest BCUT2D eigenvalue weighted by Crippen LogP contribution is 2.30. The Morgan fingerprint density at radius 2 is 1.72 bits per heavy atom. The molecule has 152 valence electrons. The molecule has 2 aromatic heterocycles. The minimum absolute atomic E-state index is 0.110. The second kappa shape index (κ2) is 7.59. The van der Waals surface area contributed by atoms with Gasteiger partial charge in [-0.2, -0.15) is 0 Å². The Labute approximate surface area is 172 Å². The molecule has 4 rings (SSSR count). The van der Waals surface area contributed by atoms with Crippen LogP contribution in [0, 0.1) is 0 Å². The minimum Gasteiger partial charge on any atom is -0.383 e. The topological polar surface area (TPSA) is 103 Å². The van der Waals surface area contributed by atoms with Crippen LogP contribution < -0.4 is 16.8 Å². The van der Waals surface area contributed by atoms with Gasteiger partial charge in [-0.1, -0.05) is 57.9 Å². The van der Waals surface area contributed by atoms with Gasteiger partial charge in [-0.3, -0.25) is 0 Å². The van der Waals surface area contributed by atoms with Gasteiger partial charge in [0.25, 0.3) is 0 Å². The van der Waals surface area contributed by atoms with Crippen molar-refractivity contribution in [2.45, 2.75) is 64.0 Å². The second-order valence-electron chi connectivity index (χ2n) is 9.04. The molecule has 0 spiro atoms. The number of nitrogens with two attached hydrogens (primary N) is 2. The molecule has 2 atom stereocenters. The summed E-state index contributed by atoms with van der Waals surface area (Å²) in [7, 11) is 0.